The van der Waals surface area contributed by atoms with Crippen molar-refractivity contribution >= 4 is 5.78 Å². The van der Waals surface area contributed by atoms with Crippen molar-refractivity contribution in [3.8, 4) is 0 Å². The molecule has 0 saturated heterocycles. The summed E-state index contributed by atoms with van der Waals surface area (Å²) in [7, 11) is 0. The molecule has 16 heavy (non-hydrogen) atoms. The average Bonchev–Trinajstić information content (AvgIpc) is 2.48. The second-order valence-electron chi connectivity index (χ2n) is 4.84. The third kappa shape index (κ3) is 2.57. The van der Waals surface area contributed by atoms with Gasteiger partial charge in [0, 0.05) is 18.7 Å². The third-order valence-electron chi connectivity index (χ3n) is 3.14. The number of hydrogen-bond acceptors (Lipinski definition) is 3. The lowest BCUT2D eigenvalue weighted by Gasteiger charge is -2.24. The highest BCUT2D eigenvalue weighted by Crippen LogP contribution is 2.21. The number of carbonyl (C=O) groups is 1. The second kappa shape index (κ2) is 5.37. The quantitative estimate of drug-likeness (QED) is 0.776. The van der Waals surface area contributed by atoms with Gasteiger partial charge < -0.3 is 10.2 Å². The Kier molecular flexibility index (Phi) is 4.39. The van der Waals surface area contributed by atoms with Gasteiger partial charge in [0.2, 0.25) is 0 Å². The van der Waals surface area contributed by atoms with Gasteiger partial charge in [-0.1, -0.05) is 13.8 Å². The first-order chi connectivity index (χ1) is 7.51. The van der Waals surface area contributed by atoms with Crippen molar-refractivity contribution in [3.63, 3.8) is 0 Å². The Labute approximate surface area is 98.9 Å². The Morgan fingerprint density at radius 3 is 2.31 bits per heavy atom. The SMILES string of the molecule is CCN(CC)C1=C(C)C(=O)C(CC(C)C)N1. The summed E-state index contributed by atoms with van der Waals surface area (Å²) in [5.74, 6) is 1.86. The Balaban J connectivity index is 2.77. The molecule has 1 unspecified atom stereocenters. The van der Waals surface area contributed by atoms with Crippen molar-refractivity contribution in [2.45, 2.75) is 47.1 Å². The van der Waals surface area contributed by atoms with E-state index < -0.39 is 0 Å². The molecule has 1 aliphatic rings. The van der Waals surface area contributed by atoms with Crippen molar-refractivity contribution in [2.75, 3.05) is 13.1 Å². The van der Waals surface area contributed by atoms with Crippen LogP contribution in [0.3, 0.4) is 0 Å². The van der Waals surface area contributed by atoms with Gasteiger partial charge in [-0.3, -0.25) is 4.79 Å². The van der Waals surface area contributed by atoms with Crippen molar-refractivity contribution in [1.29, 1.82) is 0 Å². The van der Waals surface area contributed by atoms with Crippen molar-refractivity contribution in [1.82, 2.24) is 10.2 Å². The molecule has 0 aromatic rings. The van der Waals surface area contributed by atoms with E-state index in [1.54, 1.807) is 0 Å². The third-order valence-corrected chi connectivity index (χ3v) is 3.14. The van der Waals surface area contributed by atoms with Gasteiger partial charge in [0.05, 0.1) is 6.04 Å². The molecule has 3 heteroatoms. The van der Waals surface area contributed by atoms with Crippen molar-refractivity contribution in [3.05, 3.63) is 11.4 Å². The van der Waals surface area contributed by atoms with Gasteiger partial charge in [0.15, 0.2) is 5.78 Å². The summed E-state index contributed by atoms with van der Waals surface area (Å²) in [5, 5.41) is 3.38. The summed E-state index contributed by atoms with van der Waals surface area (Å²) in [6.07, 6.45) is 0.918. The zero-order chi connectivity index (χ0) is 12.3. The molecule has 0 fully saturated rings. The van der Waals surface area contributed by atoms with Crippen LogP contribution in [0.1, 0.15) is 41.0 Å². The Morgan fingerprint density at radius 1 is 1.31 bits per heavy atom. The number of hydrogen-bond donors (Lipinski definition) is 1. The molecule has 0 aromatic heterocycles. The summed E-state index contributed by atoms with van der Waals surface area (Å²) < 4.78 is 0. The van der Waals surface area contributed by atoms with Gasteiger partial charge >= 0.3 is 0 Å². The average molecular weight is 224 g/mol. The highest BCUT2D eigenvalue weighted by Gasteiger charge is 2.31. The number of rotatable bonds is 5. The van der Waals surface area contributed by atoms with Crippen molar-refractivity contribution < 1.29 is 4.79 Å². The molecule has 0 aromatic carbocycles. The second-order valence-corrected chi connectivity index (χ2v) is 4.84. The standard InChI is InChI=1S/C13H24N2O/c1-6-15(7-2)13-10(5)12(16)11(14-13)8-9(3)4/h9,11,14H,6-8H2,1-5H3. The maximum atomic E-state index is 12.0. The van der Waals surface area contributed by atoms with Crippen LogP contribution < -0.4 is 5.32 Å². The molecule has 1 aliphatic heterocycles. The van der Waals surface area contributed by atoms with Crippen LogP contribution >= 0.6 is 0 Å². The van der Waals surface area contributed by atoms with Crippen molar-refractivity contribution in [2.24, 2.45) is 5.92 Å². The highest BCUT2D eigenvalue weighted by atomic mass is 16.1. The first-order valence-corrected chi connectivity index (χ1v) is 6.27. The Hall–Kier alpha value is -0.990. The maximum absolute atomic E-state index is 12.0. The van der Waals surface area contributed by atoms with Crippen LogP contribution in [0.5, 0.6) is 0 Å². The molecule has 1 atom stereocenters. The number of Topliss-reactive ketones (excluding diaryl/α,β-unsaturated/α-hetero) is 1. The largest absolute Gasteiger partial charge is 0.361 e. The summed E-state index contributed by atoms with van der Waals surface area (Å²) in [6, 6.07) is -0.00407. The predicted octanol–water partition coefficient (Wildman–Crippen LogP) is 2.15. The molecule has 1 rings (SSSR count). The van der Waals surface area contributed by atoms with E-state index in [1.165, 1.54) is 0 Å². The Morgan fingerprint density at radius 2 is 1.88 bits per heavy atom. The fourth-order valence-corrected chi connectivity index (χ4v) is 2.22. The summed E-state index contributed by atoms with van der Waals surface area (Å²) in [5.41, 5.74) is 0.898. The van der Waals surface area contributed by atoms with Gasteiger partial charge in [0.1, 0.15) is 5.82 Å². The first kappa shape index (κ1) is 13.1. The minimum absolute atomic E-state index is 0.00407. The molecule has 0 radical (unpaired) electrons. The lowest BCUT2D eigenvalue weighted by Crippen LogP contribution is -2.36. The predicted molar refractivity (Wildman–Crippen MR) is 67.0 cm³/mol. The normalized spacial score (nSPS) is 20.6. The monoisotopic (exact) mass is 224 g/mol. The molecule has 0 bridgehead atoms. The van der Waals surface area contributed by atoms with Gasteiger partial charge in [0.25, 0.3) is 0 Å². The number of carbonyl (C=O) groups excluding carboxylic acids is 1. The molecule has 3 nitrogen and oxygen atoms in total. The van der Waals surface area contributed by atoms with E-state index in [0.717, 1.165) is 30.9 Å². The van der Waals surface area contributed by atoms with Gasteiger partial charge in [-0.2, -0.15) is 0 Å². The van der Waals surface area contributed by atoms with Crippen LogP contribution in [-0.4, -0.2) is 29.8 Å². The van der Waals surface area contributed by atoms with E-state index in [9.17, 15) is 4.79 Å². The fourth-order valence-electron chi connectivity index (χ4n) is 2.22. The maximum Gasteiger partial charge on any atom is 0.184 e. The molecule has 0 amide bonds. The van der Waals surface area contributed by atoms with Crippen LogP contribution in [0.4, 0.5) is 0 Å². The lowest BCUT2D eigenvalue weighted by molar-refractivity contribution is -0.116. The zero-order valence-corrected chi connectivity index (χ0v) is 11.1. The van der Waals surface area contributed by atoms with E-state index in [2.05, 4.69) is 37.9 Å². The van der Waals surface area contributed by atoms with E-state index in [1.807, 2.05) is 6.92 Å². The number of nitrogens with zero attached hydrogens (tertiary/aromatic N) is 1. The molecule has 1 heterocycles. The van der Waals surface area contributed by atoms with Crippen LogP contribution in [0.15, 0.2) is 11.4 Å². The van der Waals surface area contributed by atoms with E-state index in [-0.39, 0.29) is 11.8 Å². The van der Waals surface area contributed by atoms with Gasteiger partial charge in [-0.05, 0) is 33.1 Å². The molecular weight excluding hydrogens is 200 g/mol. The van der Waals surface area contributed by atoms with Crippen LogP contribution in [-0.2, 0) is 4.79 Å². The lowest BCUT2D eigenvalue weighted by atomic mass is 10.00. The van der Waals surface area contributed by atoms with E-state index >= 15 is 0 Å². The molecule has 92 valence electrons. The van der Waals surface area contributed by atoms with E-state index in [4.69, 9.17) is 0 Å². The topological polar surface area (TPSA) is 32.3 Å². The summed E-state index contributed by atoms with van der Waals surface area (Å²) >= 11 is 0. The van der Waals surface area contributed by atoms with Gasteiger partial charge in [-0.25, -0.2) is 0 Å². The smallest absolute Gasteiger partial charge is 0.184 e. The summed E-state index contributed by atoms with van der Waals surface area (Å²) in [4.78, 5) is 14.3. The molecule has 0 aliphatic carbocycles. The molecule has 0 spiro atoms. The van der Waals surface area contributed by atoms with Crippen LogP contribution in [0.25, 0.3) is 0 Å². The van der Waals surface area contributed by atoms with E-state index in [0.29, 0.717) is 5.92 Å². The van der Waals surface area contributed by atoms with Crippen LogP contribution in [0, 0.1) is 5.92 Å². The fraction of sp³-hybridized carbons (Fsp3) is 0.769. The minimum Gasteiger partial charge on any atom is -0.361 e. The Bertz CT molecular complexity index is 290. The van der Waals surface area contributed by atoms with Gasteiger partial charge in [-0.15, -0.1) is 0 Å². The molecular formula is C13H24N2O. The molecule has 1 N–H and O–H groups in total. The summed E-state index contributed by atoms with van der Waals surface area (Å²) in [6.45, 7) is 12.4. The highest BCUT2D eigenvalue weighted by molar-refractivity contribution is 6.02. The molecule has 0 saturated carbocycles. The number of ketones is 1. The first-order valence-electron chi connectivity index (χ1n) is 6.27. The number of nitrogens with one attached hydrogen (secondary N) is 1. The zero-order valence-electron chi connectivity index (χ0n) is 11.1. The van der Waals surface area contributed by atoms with Crippen LogP contribution in [0.2, 0.25) is 0 Å². The minimum atomic E-state index is -0.00407.